The molecular formula is C28H25BrClFN6O3. The molecule has 1 aliphatic heterocycles. The minimum atomic E-state index is -0.693. The van der Waals surface area contributed by atoms with Crippen molar-refractivity contribution in [1.82, 2.24) is 20.2 Å². The molecule has 2 N–H and O–H groups in total. The zero-order chi connectivity index (χ0) is 28.4. The lowest BCUT2D eigenvalue weighted by Gasteiger charge is -2.28. The van der Waals surface area contributed by atoms with E-state index in [-0.39, 0.29) is 23.1 Å². The van der Waals surface area contributed by atoms with Crippen LogP contribution in [-0.4, -0.2) is 32.7 Å². The van der Waals surface area contributed by atoms with E-state index in [9.17, 15) is 9.18 Å². The molecule has 206 valence electrons. The van der Waals surface area contributed by atoms with Gasteiger partial charge in [-0.2, -0.15) is 4.68 Å². The van der Waals surface area contributed by atoms with Gasteiger partial charge in [-0.1, -0.05) is 34.9 Å². The van der Waals surface area contributed by atoms with E-state index in [1.54, 1.807) is 25.1 Å². The van der Waals surface area contributed by atoms with Gasteiger partial charge in [-0.05, 0) is 94.7 Å². The number of halogens is 3. The van der Waals surface area contributed by atoms with Crippen molar-refractivity contribution < 1.29 is 18.7 Å². The van der Waals surface area contributed by atoms with Crippen LogP contribution in [0.25, 0.3) is 0 Å². The SMILES string of the molecule is CCOc1cc(C2C(C(=O)Nc3cccc(C)c3)=C(C)Nc3nnnn32)cc(Br)c1OCc1c(F)cccc1Cl. The number of hydrogen-bond donors (Lipinski definition) is 2. The first-order valence-corrected chi connectivity index (χ1v) is 13.6. The summed E-state index contributed by atoms with van der Waals surface area (Å²) in [7, 11) is 0. The molecule has 1 unspecified atom stereocenters. The molecule has 12 heteroatoms. The Morgan fingerprint density at radius 2 is 1.98 bits per heavy atom. The van der Waals surface area contributed by atoms with E-state index in [0.29, 0.717) is 51.0 Å². The van der Waals surface area contributed by atoms with Crippen molar-refractivity contribution in [2.75, 3.05) is 17.2 Å². The van der Waals surface area contributed by atoms with Crippen LogP contribution in [0.2, 0.25) is 5.02 Å². The molecule has 0 saturated heterocycles. The number of benzene rings is 3. The molecule has 0 saturated carbocycles. The number of carbonyl (C=O) groups is 1. The highest BCUT2D eigenvalue weighted by atomic mass is 79.9. The van der Waals surface area contributed by atoms with Crippen molar-refractivity contribution in [3.05, 3.63) is 97.9 Å². The van der Waals surface area contributed by atoms with Crippen LogP contribution in [0, 0.1) is 12.7 Å². The van der Waals surface area contributed by atoms with Crippen LogP contribution in [0.3, 0.4) is 0 Å². The first-order valence-electron chi connectivity index (χ1n) is 12.4. The fraction of sp³-hybridized carbons (Fsp3) is 0.214. The first kappa shape index (κ1) is 27.6. The molecule has 40 heavy (non-hydrogen) atoms. The summed E-state index contributed by atoms with van der Waals surface area (Å²) in [6, 6.07) is 14.9. The third-order valence-electron chi connectivity index (χ3n) is 6.30. The molecule has 3 aromatic carbocycles. The van der Waals surface area contributed by atoms with Gasteiger partial charge in [0, 0.05) is 16.9 Å². The Labute approximate surface area is 243 Å². The lowest BCUT2D eigenvalue weighted by Crippen LogP contribution is -2.31. The van der Waals surface area contributed by atoms with Gasteiger partial charge in [-0.3, -0.25) is 4.79 Å². The summed E-state index contributed by atoms with van der Waals surface area (Å²) in [4.78, 5) is 13.7. The van der Waals surface area contributed by atoms with Crippen molar-refractivity contribution >= 4 is 45.1 Å². The highest BCUT2D eigenvalue weighted by Crippen LogP contribution is 2.43. The molecule has 2 heterocycles. The van der Waals surface area contributed by atoms with Crippen LogP contribution < -0.4 is 20.1 Å². The summed E-state index contributed by atoms with van der Waals surface area (Å²) < 4.78 is 28.4. The molecule has 0 aliphatic carbocycles. The van der Waals surface area contributed by atoms with E-state index < -0.39 is 11.9 Å². The number of hydrogen-bond acceptors (Lipinski definition) is 7. The van der Waals surface area contributed by atoms with Gasteiger partial charge in [0.25, 0.3) is 5.91 Å². The number of tetrazole rings is 1. The zero-order valence-electron chi connectivity index (χ0n) is 21.8. The Morgan fingerprint density at radius 1 is 1.18 bits per heavy atom. The van der Waals surface area contributed by atoms with Gasteiger partial charge in [-0.15, -0.1) is 0 Å². The van der Waals surface area contributed by atoms with Crippen LogP contribution in [0.1, 0.15) is 36.6 Å². The third kappa shape index (κ3) is 5.52. The second-order valence-electron chi connectivity index (χ2n) is 9.09. The van der Waals surface area contributed by atoms with E-state index >= 15 is 0 Å². The topological polar surface area (TPSA) is 103 Å². The lowest BCUT2D eigenvalue weighted by molar-refractivity contribution is -0.113. The second kappa shape index (κ2) is 11.6. The van der Waals surface area contributed by atoms with Crippen LogP contribution in [-0.2, 0) is 11.4 Å². The minimum absolute atomic E-state index is 0.114. The van der Waals surface area contributed by atoms with Crippen LogP contribution in [0.5, 0.6) is 11.5 Å². The number of anilines is 2. The summed E-state index contributed by atoms with van der Waals surface area (Å²) in [5, 5.41) is 18.4. The summed E-state index contributed by atoms with van der Waals surface area (Å²) in [6.45, 7) is 5.81. The number of aromatic nitrogens is 4. The summed E-state index contributed by atoms with van der Waals surface area (Å²) >= 11 is 9.78. The Hall–Kier alpha value is -3.96. The maximum absolute atomic E-state index is 14.4. The van der Waals surface area contributed by atoms with Gasteiger partial charge in [0.15, 0.2) is 11.5 Å². The highest BCUT2D eigenvalue weighted by molar-refractivity contribution is 9.10. The number of rotatable bonds is 8. The minimum Gasteiger partial charge on any atom is -0.490 e. The van der Waals surface area contributed by atoms with E-state index in [4.69, 9.17) is 21.1 Å². The number of allylic oxidation sites excluding steroid dienone is 1. The normalized spacial score (nSPS) is 14.4. The molecule has 0 bridgehead atoms. The van der Waals surface area contributed by atoms with Crippen molar-refractivity contribution in [2.45, 2.75) is 33.4 Å². The number of nitrogens with one attached hydrogen (secondary N) is 2. The fourth-order valence-electron chi connectivity index (χ4n) is 4.50. The molecule has 1 amide bonds. The van der Waals surface area contributed by atoms with Gasteiger partial charge in [0.2, 0.25) is 5.95 Å². The molecule has 9 nitrogen and oxygen atoms in total. The van der Waals surface area contributed by atoms with Crippen LogP contribution >= 0.6 is 27.5 Å². The average Bonchev–Trinajstić information content (AvgIpc) is 3.36. The Bertz CT molecular complexity index is 1610. The molecule has 1 aromatic heterocycles. The summed E-state index contributed by atoms with van der Waals surface area (Å²) in [5.74, 6) is 0.360. The molecule has 1 atom stereocenters. The maximum atomic E-state index is 14.4. The van der Waals surface area contributed by atoms with Gasteiger partial charge in [-0.25, -0.2) is 4.39 Å². The maximum Gasteiger partial charge on any atom is 0.255 e. The van der Waals surface area contributed by atoms with Gasteiger partial charge in [0.05, 0.1) is 21.7 Å². The number of nitrogens with zero attached hydrogens (tertiary/aromatic N) is 4. The summed E-state index contributed by atoms with van der Waals surface area (Å²) in [6.07, 6.45) is 0. The van der Waals surface area contributed by atoms with Crippen molar-refractivity contribution in [3.63, 3.8) is 0 Å². The van der Waals surface area contributed by atoms with E-state index in [0.717, 1.165) is 5.56 Å². The Balaban J connectivity index is 1.54. The van der Waals surface area contributed by atoms with Crippen molar-refractivity contribution in [1.29, 1.82) is 0 Å². The monoisotopic (exact) mass is 626 g/mol. The van der Waals surface area contributed by atoms with Crippen molar-refractivity contribution in [3.8, 4) is 11.5 Å². The molecule has 0 fully saturated rings. The molecule has 0 radical (unpaired) electrons. The molecule has 1 aliphatic rings. The van der Waals surface area contributed by atoms with Crippen molar-refractivity contribution in [2.24, 2.45) is 0 Å². The van der Waals surface area contributed by atoms with Gasteiger partial charge >= 0.3 is 0 Å². The van der Waals surface area contributed by atoms with Crippen LogP contribution in [0.4, 0.5) is 16.0 Å². The van der Waals surface area contributed by atoms with Gasteiger partial charge < -0.3 is 20.1 Å². The lowest BCUT2D eigenvalue weighted by atomic mass is 9.94. The molecular weight excluding hydrogens is 603 g/mol. The van der Waals surface area contributed by atoms with E-state index in [1.165, 1.54) is 16.8 Å². The Kier molecular flexibility index (Phi) is 8.04. The smallest absolute Gasteiger partial charge is 0.255 e. The Morgan fingerprint density at radius 3 is 2.73 bits per heavy atom. The quantitative estimate of drug-likeness (QED) is 0.232. The zero-order valence-corrected chi connectivity index (χ0v) is 24.2. The predicted octanol–water partition coefficient (Wildman–Crippen LogP) is 6.44. The number of ether oxygens (including phenoxy) is 2. The second-order valence-corrected chi connectivity index (χ2v) is 10.4. The largest absolute Gasteiger partial charge is 0.490 e. The average molecular weight is 628 g/mol. The van der Waals surface area contributed by atoms with E-state index in [2.05, 4.69) is 42.1 Å². The summed E-state index contributed by atoms with van der Waals surface area (Å²) in [5.41, 5.74) is 3.59. The number of amides is 1. The molecule has 5 rings (SSSR count). The standard InChI is InChI=1S/C28H25BrClFN6O3/c1-4-39-23-13-17(12-20(29)26(23)40-14-19-21(30)9-6-10-22(19)31)25-24(16(3)32-28-34-35-36-37(25)28)27(38)33-18-8-5-7-15(2)11-18/h5-13,25H,4,14H2,1-3H3,(H,33,38)(H,32,34,36). The number of fused-ring (bicyclic) bond motifs is 1. The molecule has 0 spiro atoms. The molecule has 4 aromatic rings. The van der Waals surface area contributed by atoms with E-state index in [1.807, 2.05) is 38.1 Å². The van der Waals surface area contributed by atoms with Gasteiger partial charge in [0.1, 0.15) is 18.5 Å². The number of aryl methyl sites for hydroxylation is 1. The highest BCUT2D eigenvalue weighted by Gasteiger charge is 2.35. The third-order valence-corrected chi connectivity index (χ3v) is 7.25. The van der Waals surface area contributed by atoms with Crippen LogP contribution in [0.15, 0.2) is 70.3 Å². The first-order chi connectivity index (χ1) is 19.3. The fourth-order valence-corrected chi connectivity index (χ4v) is 5.29. The number of carbonyl (C=O) groups excluding carboxylic acids is 1. The predicted molar refractivity (Wildman–Crippen MR) is 153 cm³/mol.